The Balaban J connectivity index is 1.73. The van der Waals surface area contributed by atoms with Gasteiger partial charge in [-0.2, -0.15) is 0 Å². The highest BCUT2D eigenvalue weighted by Gasteiger charge is 2.09. The molecule has 0 aliphatic rings. The second-order valence-corrected chi connectivity index (χ2v) is 5.69. The number of aromatic nitrogens is 3. The van der Waals surface area contributed by atoms with Crippen molar-refractivity contribution >= 4 is 0 Å². The van der Waals surface area contributed by atoms with Crippen molar-refractivity contribution in [3.63, 3.8) is 0 Å². The van der Waals surface area contributed by atoms with Crippen molar-refractivity contribution < 1.29 is 13.9 Å². The Morgan fingerprint density at radius 2 is 2.04 bits per heavy atom. The summed E-state index contributed by atoms with van der Waals surface area (Å²) in [5.41, 5.74) is 3.57. The third kappa shape index (κ3) is 4.42. The van der Waals surface area contributed by atoms with Crippen LogP contribution in [0.5, 0.6) is 5.75 Å². The van der Waals surface area contributed by atoms with Crippen LogP contribution in [-0.4, -0.2) is 35.3 Å². The van der Waals surface area contributed by atoms with E-state index in [-0.39, 0.29) is 11.6 Å². The first-order valence-electron chi connectivity index (χ1n) is 8.04. The fourth-order valence-electron chi connectivity index (χ4n) is 2.47. The third-order valence-electron chi connectivity index (χ3n) is 3.70. The van der Waals surface area contributed by atoms with E-state index in [1.54, 1.807) is 25.4 Å². The summed E-state index contributed by atoms with van der Waals surface area (Å²) in [4.78, 5) is 12.1. The van der Waals surface area contributed by atoms with Gasteiger partial charge < -0.3 is 14.5 Å². The van der Waals surface area contributed by atoms with Gasteiger partial charge in [0.1, 0.15) is 12.4 Å². The number of halogens is 1. The molecule has 0 atom stereocenters. The second kappa shape index (κ2) is 7.90. The van der Waals surface area contributed by atoms with Crippen LogP contribution in [-0.2, 0) is 11.2 Å². The highest BCUT2D eigenvalue weighted by molar-refractivity contribution is 5.53. The van der Waals surface area contributed by atoms with Crippen LogP contribution in [0.15, 0.2) is 42.6 Å². The van der Waals surface area contributed by atoms with Gasteiger partial charge in [0, 0.05) is 19.2 Å². The van der Waals surface area contributed by atoms with Gasteiger partial charge in [0.15, 0.2) is 11.6 Å². The molecule has 0 aliphatic heterocycles. The lowest BCUT2D eigenvalue weighted by Crippen LogP contribution is -2.06. The molecule has 0 spiro atoms. The maximum atomic E-state index is 13.8. The first kappa shape index (κ1) is 17.1. The van der Waals surface area contributed by atoms with E-state index in [0.29, 0.717) is 19.6 Å². The van der Waals surface area contributed by atoms with Crippen LogP contribution in [0.4, 0.5) is 4.39 Å². The number of methoxy groups -OCH3 is 1. The van der Waals surface area contributed by atoms with Crippen molar-refractivity contribution in [1.29, 1.82) is 0 Å². The van der Waals surface area contributed by atoms with Gasteiger partial charge in [-0.25, -0.2) is 9.37 Å². The molecule has 1 aromatic carbocycles. The summed E-state index contributed by atoms with van der Waals surface area (Å²) in [5.74, 6) is 0.624. The average molecular weight is 341 g/mol. The summed E-state index contributed by atoms with van der Waals surface area (Å²) >= 11 is 0. The highest BCUT2D eigenvalue weighted by atomic mass is 19.1. The lowest BCUT2D eigenvalue weighted by Gasteiger charge is -2.08. The number of imidazole rings is 1. The van der Waals surface area contributed by atoms with Crippen molar-refractivity contribution in [1.82, 2.24) is 15.0 Å². The first-order valence-corrected chi connectivity index (χ1v) is 8.04. The molecule has 0 radical (unpaired) electrons. The molecule has 0 saturated heterocycles. The summed E-state index contributed by atoms with van der Waals surface area (Å²) in [5, 5.41) is 0. The molecule has 0 fully saturated rings. The fourth-order valence-corrected chi connectivity index (χ4v) is 2.47. The van der Waals surface area contributed by atoms with E-state index in [1.165, 1.54) is 6.07 Å². The topological polar surface area (TPSA) is 60.0 Å². The van der Waals surface area contributed by atoms with E-state index in [4.69, 9.17) is 9.47 Å². The average Bonchev–Trinajstić information content (AvgIpc) is 3.06. The van der Waals surface area contributed by atoms with Crippen LogP contribution in [0.25, 0.3) is 11.4 Å². The minimum Gasteiger partial charge on any atom is -0.488 e. The van der Waals surface area contributed by atoms with Crippen molar-refractivity contribution in [2.24, 2.45) is 0 Å². The molecular formula is C19H20FN3O2. The summed E-state index contributed by atoms with van der Waals surface area (Å²) in [7, 11) is 1.58. The standard InChI is InChI=1S/C19H20FN3O2/c1-13-4-3-5-16(22-13)17-12-21-19(23-17)11-14-6-7-15(20)18(10-14)25-9-8-24-2/h3-7,10,12H,8-9,11H2,1-2H3,(H,21,23). The first-order chi connectivity index (χ1) is 12.2. The molecule has 5 nitrogen and oxygen atoms in total. The summed E-state index contributed by atoms with van der Waals surface area (Å²) in [6.45, 7) is 2.67. The van der Waals surface area contributed by atoms with E-state index < -0.39 is 0 Å². The Morgan fingerprint density at radius 3 is 2.84 bits per heavy atom. The normalized spacial score (nSPS) is 10.8. The van der Waals surface area contributed by atoms with E-state index in [1.807, 2.05) is 25.1 Å². The fraction of sp³-hybridized carbons (Fsp3) is 0.263. The Bertz CT molecular complexity index is 848. The zero-order valence-corrected chi connectivity index (χ0v) is 14.3. The molecular weight excluding hydrogens is 321 g/mol. The predicted molar refractivity (Wildman–Crippen MR) is 93.1 cm³/mol. The van der Waals surface area contributed by atoms with Crippen LogP contribution < -0.4 is 4.74 Å². The van der Waals surface area contributed by atoms with Crippen LogP contribution in [0.2, 0.25) is 0 Å². The summed E-state index contributed by atoms with van der Waals surface area (Å²) < 4.78 is 24.1. The molecule has 3 rings (SSSR count). The number of ether oxygens (including phenoxy) is 2. The monoisotopic (exact) mass is 341 g/mol. The number of rotatable bonds is 7. The van der Waals surface area contributed by atoms with Crippen molar-refractivity contribution in [3.8, 4) is 17.1 Å². The van der Waals surface area contributed by atoms with E-state index >= 15 is 0 Å². The Kier molecular flexibility index (Phi) is 5.40. The molecule has 3 aromatic rings. The highest BCUT2D eigenvalue weighted by Crippen LogP contribution is 2.21. The SMILES string of the molecule is COCCOc1cc(Cc2ncc(-c3cccc(C)n3)[nH]2)ccc1F. The number of nitrogens with zero attached hydrogens (tertiary/aromatic N) is 2. The van der Waals surface area contributed by atoms with Gasteiger partial charge in [0.2, 0.25) is 0 Å². The quantitative estimate of drug-likeness (QED) is 0.668. The van der Waals surface area contributed by atoms with E-state index in [0.717, 1.165) is 28.5 Å². The molecule has 2 heterocycles. The number of hydrogen-bond donors (Lipinski definition) is 1. The van der Waals surface area contributed by atoms with Crippen LogP contribution in [0.3, 0.4) is 0 Å². The lowest BCUT2D eigenvalue weighted by molar-refractivity contribution is 0.144. The Labute approximate surface area is 145 Å². The van der Waals surface area contributed by atoms with Crippen molar-refractivity contribution in [3.05, 3.63) is 65.5 Å². The van der Waals surface area contributed by atoms with Gasteiger partial charge >= 0.3 is 0 Å². The van der Waals surface area contributed by atoms with Crippen molar-refractivity contribution in [2.45, 2.75) is 13.3 Å². The molecule has 0 amide bonds. The number of H-pyrrole nitrogens is 1. The van der Waals surface area contributed by atoms with Crippen LogP contribution >= 0.6 is 0 Å². The summed E-state index contributed by atoms with van der Waals surface area (Å²) in [6.07, 6.45) is 2.31. The molecule has 1 N–H and O–H groups in total. The molecule has 0 unspecified atom stereocenters. The molecule has 130 valence electrons. The van der Waals surface area contributed by atoms with Gasteiger partial charge in [-0.15, -0.1) is 0 Å². The number of benzene rings is 1. The maximum absolute atomic E-state index is 13.8. The number of nitrogens with one attached hydrogen (secondary N) is 1. The molecule has 0 bridgehead atoms. The molecule has 0 saturated carbocycles. The van der Waals surface area contributed by atoms with Gasteiger partial charge in [0.25, 0.3) is 0 Å². The zero-order valence-electron chi connectivity index (χ0n) is 14.3. The lowest BCUT2D eigenvalue weighted by atomic mass is 10.1. The third-order valence-corrected chi connectivity index (χ3v) is 3.70. The molecule has 6 heteroatoms. The zero-order chi connectivity index (χ0) is 17.6. The minimum atomic E-state index is -0.385. The largest absolute Gasteiger partial charge is 0.488 e. The Morgan fingerprint density at radius 1 is 1.16 bits per heavy atom. The predicted octanol–water partition coefficient (Wildman–Crippen LogP) is 3.54. The van der Waals surface area contributed by atoms with E-state index in [2.05, 4.69) is 15.0 Å². The van der Waals surface area contributed by atoms with Crippen LogP contribution in [0.1, 0.15) is 17.1 Å². The maximum Gasteiger partial charge on any atom is 0.165 e. The van der Waals surface area contributed by atoms with Crippen molar-refractivity contribution in [2.75, 3.05) is 20.3 Å². The number of aromatic amines is 1. The Hall–Kier alpha value is -2.73. The van der Waals surface area contributed by atoms with Gasteiger partial charge in [0.05, 0.1) is 24.2 Å². The van der Waals surface area contributed by atoms with Gasteiger partial charge in [-0.05, 0) is 36.8 Å². The van der Waals surface area contributed by atoms with Crippen LogP contribution in [0, 0.1) is 12.7 Å². The summed E-state index contributed by atoms with van der Waals surface area (Å²) in [6, 6.07) is 10.7. The number of hydrogen-bond acceptors (Lipinski definition) is 4. The molecule has 2 aromatic heterocycles. The second-order valence-electron chi connectivity index (χ2n) is 5.69. The van der Waals surface area contributed by atoms with E-state index in [9.17, 15) is 4.39 Å². The van der Waals surface area contributed by atoms with Gasteiger partial charge in [-0.1, -0.05) is 12.1 Å². The number of aryl methyl sites for hydroxylation is 1. The smallest absolute Gasteiger partial charge is 0.165 e. The minimum absolute atomic E-state index is 0.224. The number of pyridine rings is 1. The molecule has 0 aliphatic carbocycles. The van der Waals surface area contributed by atoms with Gasteiger partial charge in [-0.3, -0.25) is 4.98 Å². The molecule has 25 heavy (non-hydrogen) atoms.